The van der Waals surface area contributed by atoms with Crippen molar-refractivity contribution < 1.29 is 19.2 Å². The SMILES string of the molecule is COc1ccc(C=C2SC(=Nc3ccccc3)N(NC(=O)c3ccc([N+](=O)[O-])cc3)C2=O)cc1. The Labute approximate surface area is 198 Å². The Kier molecular flexibility index (Phi) is 6.69. The number of carbonyl (C=O) groups excluding carboxylic acids is 2. The lowest BCUT2D eigenvalue weighted by molar-refractivity contribution is -0.384. The molecular formula is C24H18N4O5S. The van der Waals surface area contributed by atoms with Crippen LogP contribution in [0, 0.1) is 10.1 Å². The molecule has 0 unspecified atom stereocenters. The molecule has 3 aromatic carbocycles. The van der Waals surface area contributed by atoms with Gasteiger partial charge in [0.2, 0.25) is 0 Å². The molecule has 0 spiro atoms. The molecule has 0 aromatic heterocycles. The van der Waals surface area contributed by atoms with Crippen molar-refractivity contribution in [2.45, 2.75) is 0 Å². The normalized spacial score (nSPS) is 15.6. The number of nitro groups is 1. The second-order valence-corrected chi connectivity index (χ2v) is 8.01. The van der Waals surface area contributed by atoms with E-state index in [-0.39, 0.29) is 16.4 Å². The standard InChI is InChI=1S/C24H18N4O5S/c1-33-20-13-7-16(8-14-20)15-21-23(30)27(24(34-21)25-18-5-3-2-4-6-18)26-22(29)17-9-11-19(12-10-17)28(31)32/h2-15H,1H3,(H,26,29). The van der Waals surface area contributed by atoms with E-state index in [4.69, 9.17) is 4.74 Å². The van der Waals surface area contributed by atoms with E-state index < -0.39 is 16.7 Å². The van der Waals surface area contributed by atoms with E-state index in [2.05, 4.69) is 10.4 Å². The molecule has 1 heterocycles. The summed E-state index contributed by atoms with van der Waals surface area (Å²) in [7, 11) is 1.57. The zero-order chi connectivity index (χ0) is 24.1. The van der Waals surface area contributed by atoms with Gasteiger partial charge >= 0.3 is 0 Å². The minimum Gasteiger partial charge on any atom is -0.497 e. The molecule has 1 saturated heterocycles. The van der Waals surface area contributed by atoms with Crippen molar-refractivity contribution in [1.82, 2.24) is 10.4 Å². The number of amidine groups is 1. The third-order valence-corrected chi connectivity index (χ3v) is 5.72. The molecule has 0 saturated carbocycles. The molecule has 0 bridgehead atoms. The van der Waals surface area contributed by atoms with Crippen LogP contribution in [-0.2, 0) is 4.79 Å². The summed E-state index contributed by atoms with van der Waals surface area (Å²) in [4.78, 5) is 41.1. The second kappa shape index (κ2) is 10.0. The predicted molar refractivity (Wildman–Crippen MR) is 130 cm³/mol. The molecule has 170 valence electrons. The number of hydrogen-bond acceptors (Lipinski definition) is 7. The van der Waals surface area contributed by atoms with Crippen LogP contribution in [0.15, 0.2) is 88.8 Å². The van der Waals surface area contributed by atoms with Crippen LogP contribution >= 0.6 is 11.8 Å². The van der Waals surface area contributed by atoms with Gasteiger partial charge in [0, 0.05) is 17.7 Å². The summed E-state index contributed by atoms with van der Waals surface area (Å²) < 4.78 is 5.16. The number of amides is 2. The van der Waals surface area contributed by atoms with E-state index in [9.17, 15) is 19.7 Å². The quantitative estimate of drug-likeness (QED) is 0.318. The van der Waals surface area contributed by atoms with Gasteiger partial charge in [0.25, 0.3) is 17.5 Å². The molecule has 0 aliphatic carbocycles. The number of carbonyl (C=O) groups is 2. The lowest BCUT2D eigenvalue weighted by Gasteiger charge is -2.16. The largest absolute Gasteiger partial charge is 0.497 e. The number of thioether (sulfide) groups is 1. The molecule has 2 amide bonds. The minimum atomic E-state index is -0.602. The van der Waals surface area contributed by atoms with Gasteiger partial charge in [-0.1, -0.05) is 30.3 Å². The smallest absolute Gasteiger partial charge is 0.285 e. The molecule has 0 radical (unpaired) electrons. The topological polar surface area (TPSA) is 114 Å². The fraction of sp³-hybridized carbons (Fsp3) is 0.0417. The summed E-state index contributed by atoms with van der Waals surface area (Å²) in [5.74, 6) is -0.364. The lowest BCUT2D eigenvalue weighted by Crippen LogP contribution is -2.45. The number of non-ortho nitro benzene ring substituents is 1. The van der Waals surface area contributed by atoms with Gasteiger partial charge in [0.1, 0.15) is 5.75 Å². The van der Waals surface area contributed by atoms with Crippen molar-refractivity contribution in [2.24, 2.45) is 4.99 Å². The van der Waals surface area contributed by atoms with Gasteiger partial charge in [-0.2, -0.15) is 5.01 Å². The third-order valence-electron chi connectivity index (χ3n) is 4.75. The van der Waals surface area contributed by atoms with E-state index >= 15 is 0 Å². The predicted octanol–water partition coefficient (Wildman–Crippen LogP) is 4.55. The number of nitrogens with one attached hydrogen (secondary N) is 1. The molecule has 0 atom stereocenters. The first kappa shape index (κ1) is 22.7. The number of nitro benzene ring substituents is 1. The van der Waals surface area contributed by atoms with Crippen LogP contribution < -0.4 is 10.2 Å². The number of benzene rings is 3. The highest BCUT2D eigenvalue weighted by Crippen LogP contribution is 2.33. The van der Waals surface area contributed by atoms with Gasteiger partial charge < -0.3 is 4.74 Å². The maximum atomic E-state index is 13.2. The summed E-state index contributed by atoms with van der Waals surface area (Å²) in [5.41, 5.74) is 3.97. The highest BCUT2D eigenvalue weighted by molar-refractivity contribution is 8.18. The Balaban J connectivity index is 1.63. The van der Waals surface area contributed by atoms with E-state index in [1.165, 1.54) is 24.3 Å². The Morgan fingerprint density at radius 2 is 1.74 bits per heavy atom. The number of hydrazine groups is 1. The molecule has 9 nitrogen and oxygen atoms in total. The van der Waals surface area contributed by atoms with Crippen molar-refractivity contribution >= 4 is 46.2 Å². The number of nitrogens with zero attached hydrogens (tertiary/aromatic N) is 3. The molecule has 4 rings (SSSR count). The van der Waals surface area contributed by atoms with Gasteiger partial charge in [-0.15, -0.1) is 0 Å². The number of aliphatic imine (C=N–C) groups is 1. The van der Waals surface area contributed by atoms with Gasteiger partial charge in [-0.25, -0.2) is 4.99 Å². The fourth-order valence-electron chi connectivity index (χ4n) is 3.01. The number of ether oxygens (including phenoxy) is 1. The van der Waals surface area contributed by atoms with Crippen LogP contribution in [-0.4, -0.2) is 34.0 Å². The highest BCUT2D eigenvalue weighted by atomic mass is 32.2. The molecule has 1 N–H and O–H groups in total. The summed E-state index contributed by atoms with van der Waals surface area (Å²) >= 11 is 1.12. The van der Waals surface area contributed by atoms with Gasteiger partial charge in [-0.05, 0) is 59.8 Å². The molecule has 34 heavy (non-hydrogen) atoms. The van der Waals surface area contributed by atoms with E-state index in [1.807, 2.05) is 30.3 Å². The fourth-order valence-corrected chi connectivity index (χ4v) is 3.95. The highest BCUT2D eigenvalue weighted by Gasteiger charge is 2.35. The summed E-state index contributed by atoms with van der Waals surface area (Å²) in [5, 5.41) is 12.2. The Hall–Kier alpha value is -4.44. The molecule has 1 fully saturated rings. The van der Waals surface area contributed by atoms with Crippen LogP contribution in [0.3, 0.4) is 0 Å². The van der Waals surface area contributed by atoms with Crippen molar-refractivity contribution in [2.75, 3.05) is 7.11 Å². The average molecular weight is 474 g/mol. The minimum absolute atomic E-state index is 0.139. The lowest BCUT2D eigenvalue weighted by atomic mass is 10.2. The number of methoxy groups -OCH3 is 1. The summed E-state index contributed by atoms with van der Waals surface area (Å²) in [6, 6.07) is 21.3. The molecular weight excluding hydrogens is 456 g/mol. The van der Waals surface area contributed by atoms with Crippen LogP contribution in [0.5, 0.6) is 5.75 Å². The maximum Gasteiger partial charge on any atom is 0.285 e. The second-order valence-electron chi connectivity index (χ2n) is 7.00. The van der Waals surface area contributed by atoms with Crippen LogP contribution in [0.1, 0.15) is 15.9 Å². The monoisotopic (exact) mass is 474 g/mol. The zero-order valence-corrected chi connectivity index (χ0v) is 18.7. The molecule has 1 aliphatic heterocycles. The van der Waals surface area contributed by atoms with Crippen LogP contribution in [0.2, 0.25) is 0 Å². The number of rotatable bonds is 6. The van der Waals surface area contributed by atoms with Crippen molar-refractivity contribution in [3.8, 4) is 5.75 Å². The van der Waals surface area contributed by atoms with E-state index in [1.54, 1.807) is 37.5 Å². The summed E-state index contributed by atoms with van der Waals surface area (Å²) in [6.45, 7) is 0. The average Bonchev–Trinajstić information content (AvgIpc) is 3.14. The molecule has 1 aliphatic rings. The zero-order valence-electron chi connectivity index (χ0n) is 17.9. The van der Waals surface area contributed by atoms with E-state index in [0.29, 0.717) is 16.3 Å². The number of para-hydroxylation sites is 1. The number of hydrogen-bond donors (Lipinski definition) is 1. The Morgan fingerprint density at radius 3 is 2.35 bits per heavy atom. The first-order valence-electron chi connectivity index (χ1n) is 10.0. The van der Waals surface area contributed by atoms with Crippen molar-refractivity contribution in [1.29, 1.82) is 0 Å². The maximum absolute atomic E-state index is 13.2. The van der Waals surface area contributed by atoms with Gasteiger partial charge in [0.05, 0.1) is 22.6 Å². The summed E-state index contributed by atoms with van der Waals surface area (Å²) in [6.07, 6.45) is 1.70. The van der Waals surface area contributed by atoms with Gasteiger partial charge in [-0.3, -0.25) is 25.1 Å². The molecule has 3 aromatic rings. The first-order valence-corrected chi connectivity index (χ1v) is 10.8. The van der Waals surface area contributed by atoms with E-state index in [0.717, 1.165) is 22.3 Å². The van der Waals surface area contributed by atoms with Gasteiger partial charge in [0.15, 0.2) is 5.17 Å². The Bertz CT molecular complexity index is 1290. The third kappa shape index (κ3) is 5.13. The van der Waals surface area contributed by atoms with Crippen molar-refractivity contribution in [3.63, 3.8) is 0 Å². The Morgan fingerprint density at radius 1 is 1.06 bits per heavy atom. The van der Waals surface area contributed by atoms with Crippen LogP contribution in [0.4, 0.5) is 11.4 Å². The first-order chi connectivity index (χ1) is 16.4. The van der Waals surface area contributed by atoms with Crippen LogP contribution in [0.25, 0.3) is 6.08 Å². The van der Waals surface area contributed by atoms with Crippen molar-refractivity contribution in [3.05, 3.63) is 105 Å². The molecule has 10 heteroatoms.